The number of amides is 2. The Hall–Kier alpha value is -3.49. The van der Waals surface area contributed by atoms with Crippen LogP contribution in [0.1, 0.15) is 61.1 Å². The highest BCUT2D eigenvalue weighted by Gasteiger charge is 2.49. The number of halogens is 9. The zero-order valence-electron chi connectivity index (χ0n) is 22.9. The predicted molar refractivity (Wildman–Crippen MR) is 132 cm³/mol. The summed E-state index contributed by atoms with van der Waals surface area (Å²) < 4.78 is 132. The predicted octanol–water partition coefficient (Wildman–Crippen LogP) is 8.33. The van der Waals surface area contributed by atoms with Gasteiger partial charge in [-0.3, -0.25) is 4.90 Å². The molecule has 3 rings (SSSR count). The van der Waals surface area contributed by atoms with Gasteiger partial charge < -0.3 is 9.47 Å². The summed E-state index contributed by atoms with van der Waals surface area (Å²) in [7, 11) is 0.908. The monoisotopic (exact) mass is 615 g/mol. The van der Waals surface area contributed by atoms with Crippen molar-refractivity contribution in [1.82, 2.24) is 9.38 Å². The topological polar surface area (TPSA) is 55.8 Å². The van der Waals surface area contributed by atoms with Crippen molar-refractivity contribution in [2.24, 2.45) is 0 Å². The lowest BCUT2D eigenvalue weighted by atomic mass is 9.90. The number of carbonyl (C=O) groups excluding carboxylic acids is 2. The third kappa shape index (κ3) is 6.76. The number of hydrogen-bond donors (Lipinski definition) is 0. The Morgan fingerprint density at radius 3 is 1.90 bits per heavy atom. The van der Waals surface area contributed by atoms with Gasteiger partial charge in [-0.2, -0.15) is 48.8 Å². The summed E-state index contributed by atoms with van der Waals surface area (Å²) in [6.45, 7) is 3.82. The van der Waals surface area contributed by atoms with E-state index in [2.05, 4.69) is 0 Å². The van der Waals surface area contributed by atoms with Crippen molar-refractivity contribution < 1.29 is 58.6 Å². The van der Waals surface area contributed by atoms with Crippen molar-refractivity contribution in [2.75, 3.05) is 20.2 Å². The Balaban J connectivity index is 2.23. The number of rotatable bonds is 5. The van der Waals surface area contributed by atoms with E-state index in [0.717, 1.165) is 24.1 Å². The van der Waals surface area contributed by atoms with Crippen molar-refractivity contribution in [3.63, 3.8) is 0 Å². The summed E-state index contributed by atoms with van der Waals surface area (Å²) in [5, 5.41) is 0. The maximum absolute atomic E-state index is 13.8. The second kappa shape index (κ2) is 11.7. The molecule has 42 heavy (non-hydrogen) atoms. The van der Waals surface area contributed by atoms with Crippen LogP contribution in [-0.4, -0.2) is 43.4 Å². The van der Waals surface area contributed by atoms with E-state index in [-0.39, 0.29) is 36.8 Å². The molecule has 2 atom stereocenters. The van der Waals surface area contributed by atoms with Gasteiger partial charge in [-0.05, 0) is 56.7 Å². The lowest BCUT2D eigenvalue weighted by Crippen LogP contribution is -2.59. The van der Waals surface area contributed by atoms with Gasteiger partial charge in [0.1, 0.15) is 11.8 Å². The molecular weight excluding hydrogens is 587 g/mol. The lowest BCUT2D eigenvalue weighted by molar-refractivity contribution is -0.143. The number of nitrogens with zero attached hydrogens (tertiary/aromatic N) is 2. The number of alkyl halides is 9. The summed E-state index contributed by atoms with van der Waals surface area (Å²) in [5.41, 5.74) is -5.11. The SMILES string of the molecule is CC[N+]1(C(=O)OC(C)C)CC[C@H](N(Cc2cc(C(F)(F)F)cc(C(F)(F)F)c2)C(=O)OC)c2cc(C(F)(F)F)ccc21. The highest BCUT2D eigenvalue weighted by molar-refractivity contribution is 5.85. The van der Waals surface area contributed by atoms with E-state index in [1.807, 2.05) is 0 Å². The quantitative estimate of drug-likeness (QED) is 0.251. The van der Waals surface area contributed by atoms with Gasteiger partial charge in [0, 0.05) is 24.6 Å². The summed E-state index contributed by atoms with van der Waals surface area (Å²) in [6.07, 6.45) is -17.9. The molecule has 0 saturated heterocycles. The third-order valence-electron chi connectivity index (χ3n) is 6.97. The van der Waals surface area contributed by atoms with Crippen molar-refractivity contribution in [1.29, 1.82) is 0 Å². The molecule has 0 spiro atoms. The molecule has 0 bridgehead atoms. The average molecular weight is 616 g/mol. The van der Waals surface area contributed by atoms with Gasteiger partial charge >= 0.3 is 30.7 Å². The van der Waals surface area contributed by atoms with Gasteiger partial charge in [-0.15, -0.1) is 0 Å². The van der Waals surface area contributed by atoms with Crippen molar-refractivity contribution in [3.8, 4) is 0 Å². The molecule has 232 valence electrons. The Morgan fingerprint density at radius 1 is 0.905 bits per heavy atom. The van der Waals surface area contributed by atoms with Crippen molar-refractivity contribution in [3.05, 3.63) is 64.2 Å². The number of quaternary nitrogens is 1. The summed E-state index contributed by atoms with van der Waals surface area (Å²) in [4.78, 5) is 26.9. The fraction of sp³-hybridized carbons (Fsp3) is 0.481. The molecule has 0 aromatic heterocycles. The van der Waals surface area contributed by atoms with Gasteiger partial charge in [-0.25, -0.2) is 4.79 Å². The molecule has 15 heteroatoms. The highest BCUT2D eigenvalue weighted by atomic mass is 19.4. The maximum Gasteiger partial charge on any atom is 0.521 e. The maximum atomic E-state index is 13.8. The van der Waals surface area contributed by atoms with Crippen LogP contribution >= 0.6 is 0 Å². The van der Waals surface area contributed by atoms with Crippen molar-refractivity contribution >= 4 is 17.9 Å². The Kier molecular flexibility index (Phi) is 9.16. The first kappa shape index (κ1) is 33.0. The zero-order valence-corrected chi connectivity index (χ0v) is 22.9. The lowest BCUT2D eigenvalue weighted by Gasteiger charge is -2.43. The van der Waals surface area contributed by atoms with Crippen LogP contribution in [0.15, 0.2) is 36.4 Å². The first-order chi connectivity index (χ1) is 19.2. The van der Waals surface area contributed by atoms with E-state index in [1.54, 1.807) is 20.8 Å². The van der Waals surface area contributed by atoms with Crippen LogP contribution < -0.4 is 4.48 Å². The van der Waals surface area contributed by atoms with Crippen LogP contribution in [0.4, 0.5) is 54.8 Å². The van der Waals surface area contributed by atoms with Crippen molar-refractivity contribution in [2.45, 2.75) is 64.4 Å². The van der Waals surface area contributed by atoms with Gasteiger partial charge in [0.15, 0.2) is 0 Å². The smallest absolute Gasteiger partial charge is 0.453 e. The van der Waals surface area contributed by atoms with Crippen LogP contribution in [0.5, 0.6) is 0 Å². The number of ether oxygens (including phenoxy) is 2. The molecule has 1 unspecified atom stereocenters. The molecule has 0 N–H and O–H groups in total. The number of methoxy groups -OCH3 is 1. The number of carbonyl (C=O) groups is 2. The van der Waals surface area contributed by atoms with Gasteiger partial charge in [0.05, 0.1) is 42.9 Å². The molecule has 1 aliphatic rings. The number of benzene rings is 2. The first-order valence-corrected chi connectivity index (χ1v) is 12.7. The van der Waals surface area contributed by atoms with E-state index < -0.39 is 76.1 Å². The van der Waals surface area contributed by atoms with Gasteiger partial charge in [0.25, 0.3) is 0 Å². The largest absolute Gasteiger partial charge is 0.521 e. The fourth-order valence-corrected chi connectivity index (χ4v) is 5.01. The average Bonchev–Trinajstić information content (AvgIpc) is 2.88. The fourth-order valence-electron chi connectivity index (χ4n) is 5.01. The van der Waals surface area contributed by atoms with Crippen LogP contribution in [0, 0.1) is 0 Å². The zero-order chi connectivity index (χ0) is 31.8. The minimum Gasteiger partial charge on any atom is -0.453 e. The Morgan fingerprint density at radius 2 is 1.45 bits per heavy atom. The molecular formula is C27H28F9N2O4+. The van der Waals surface area contributed by atoms with E-state index in [9.17, 15) is 49.1 Å². The molecule has 0 aliphatic carbocycles. The van der Waals surface area contributed by atoms with E-state index in [4.69, 9.17) is 9.47 Å². The molecule has 0 fully saturated rings. The minimum atomic E-state index is -5.17. The molecule has 1 heterocycles. The van der Waals surface area contributed by atoms with Crippen LogP contribution in [0.25, 0.3) is 0 Å². The Labute approximate surface area is 235 Å². The van der Waals surface area contributed by atoms with Gasteiger partial charge in [-0.1, -0.05) is 0 Å². The Bertz CT molecular complexity index is 1290. The van der Waals surface area contributed by atoms with E-state index in [1.165, 1.54) is 0 Å². The standard InChI is InChI=1S/C27H28F9N2O4/c1-5-38(24(40)42-15(2)3)9-8-21(20-13-17(25(28,29)30)6-7-22(20)38)37(23(39)41-4)14-16-10-18(26(31,32)33)12-19(11-16)27(34,35)36/h6-7,10-13,15,21H,5,8-9,14H2,1-4H3/q+1/t21-,38?/m0/s1. The number of hydrogen-bond acceptors (Lipinski definition) is 4. The third-order valence-corrected chi connectivity index (χ3v) is 6.97. The van der Waals surface area contributed by atoms with E-state index >= 15 is 0 Å². The molecule has 0 saturated carbocycles. The highest BCUT2D eigenvalue weighted by Crippen LogP contribution is 2.46. The van der Waals surface area contributed by atoms with E-state index in [0.29, 0.717) is 18.2 Å². The second-order valence-electron chi connectivity index (χ2n) is 10.0. The second-order valence-corrected chi connectivity index (χ2v) is 10.0. The molecule has 1 aliphatic heterocycles. The van der Waals surface area contributed by atoms with Crippen LogP contribution in [-0.2, 0) is 34.5 Å². The molecule has 2 amide bonds. The molecule has 0 radical (unpaired) electrons. The van der Waals surface area contributed by atoms with Gasteiger partial charge in [0.2, 0.25) is 0 Å². The minimum absolute atomic E-state index is 0.0391. The summed E-state index contributed by atoms with van der Waals surface area (Å²) >= 11 is 0. The number of fused-ring (bicyclic) bond motifs is 1. The first-order valence-electron chi connectivity index (χ1n) is 12.7. The van der Waals surface area contributed by atoms with Crippen LogP contribution in [0.2, 0.25) is 0 Å². The van der Waals surface area contributed by atoms with Crippen LogP contribution in [0.3, 0.4) is 0 Å². The normalized spacial score (nSPS) is 19.3. The summed E-state index contributed by atoms with van der Waals surface area (Å²) in [5.74, 6) is 0. The summed E-state index contributed by atoms with van der Waals surface area (Å²) in [6, 6.07) is 1.98. The molecule has 2 aromatic rings. The molecule has 6 nitrogen and oxygen atoms in total. The molecule has 2 aromatic carbocycles.